The maximum Gasteiger partial charge on any atom is 0.277 e. The predicted octanol–water partition coefficient (Wildman–Crippen LogP) is 3.00. The van der Waals surface area contributed by atoms with Gasteiger partial charge >= 0.3 is 0 Å². The first kappa shape index (κ1) is 20.1. The first-order valence-corrected chi connectivity index (χ1v) is 10.5. The van der Waals surface area contributed by atoms with Crippen molar-refractivity contribution in [1.29, 1.82) is 0 Å². The summed E-state index contributed by atoms with van der Waals surface area (Å²) in [6, 6.07) is 9.10. The lowest BCUT2D eigenvalue weighted by Crippen LogP contribution is -2.52. The topological polar surface area (TPSA) is 90.7 Å². The van der Waals surface area contributed by atoms with Crippen molar-refractivity contribution in [1.82, 2.24) is 14.5 Å². The van der Waals surface area contributed by atoms with E-state index in [2.05, 4.69) is 21.7 Å². The van der Waals surface area contributed by atoms with Crippen LogP contribution in [0.5, 0.6) is 0 Å². The van der Waals surface area contributed by atoms with Crippen LogP contribution in [0, 0.1) is 0 Å². The third-order valence-electron chi connectivity index (χ3n) is 5.36. The van der Waals surface area contributed by atoms with E-state index in [1.54, 1.807) is 23.0 Å². The molecule has 0 bridgehead atoms. The molecule has 2 aromatic heterocycles. The molecule has 2 atom stereocenters. The number of anilines is 2. The van der Waals surface area contributed by atoms with Gasteiger partial charge in [-0.3, -0.25) is 14.5 Å². The van der Waals surface area contributed by atoms with Crippen molar-refractivity contribution in [2.75, 3.05) is 24.3 Å². The van der Waals surface area contributed by atoms with Crippen molar-refractivity contribution in [2.24, 2.45) is 0 Å². The fourth-order valence-corrected chi connectivity index (χ4v) is 4.27. The molecule has 0 fully saturated rings. The van der Waals surface area contributed by atoms with E-state index in [4.69, 9.17) is 0 Å². The number of benzene rings is 1. The number of aromatic nitrogens is 2. The average Bonchev–Trinajstić information content (AvgIpc) is 3.42. The Morgan fingerprint density at radius 1 is 1.20 bits per heavy atom. The van der Waals surface area contributed by atoms with E-state index in [0.717, 1.165) is 11.1 Å². The molecule has 8 nitrogen and oxygen atoms in total. The van der Waals surface area contributed by atoms with Crippen molar-refractivity contribution >= 4 is 34.7 Å². The van der Waals surface area contributed by atoms with Crippen LogP contribution in [0.1, 0.15) is 29.9 Å². The molecule has 1 aliphatic heterocycles. The standard InChI is InChI=1S/C21H23N5O3S/c1-4-16(26-12-22-18-17(26)20(28)25(3)21(29)24(18)2)19(27)23-15-7-5-13(6-8-15)14-9-10-30-11-14/h5-12,16,21,29H,4H2,1-3H3,(H,23,27). The van der Waals surface area contributed by atoms with Crippen LogP contribution in [-0.4, -0.2) is 51.8 Å². The molecule has 2 amide bonds. The molecule has 0 radical (unpaired) electrons. The van der Waals surface area contributed by atoms with Crippen LogP contribution < -0.4 is 10.2 Å². The average molecular weight is 426 g/mol. The van der Waals surface area contributed by atoms with Gasteiger partial charge in [-0.1, -0.05) is 19.1 Å². The van der Waals surface area contributed by atoms with Crippen LogP contribution in [0.3, 0.4) is 0 Å². The highest BCUT2D eigenvalue weighted by Gasteiger charge is 2.38. The number of nitrogens with one attached hydrogen (secondary N) is 1. The second-order valence-corrected chi connectivity index (χ2v) is 7.98. The fourth-order valence-electron chi connectivity index (χ4n) is 3.60. The van der Waals surface area contributed by atoms with Gasteiger partial charge in [-0.25, -0.2) is 4.98 Å². The third-order valence-corrected chi connectivity index (χ3v) is 6.04. The molecule has 2 unspecified atom stereocenters. The Morgan fingerprint density at radius 2 is 1.93 bits per heavy atom. The SMILES string of the molecule is CCC(C(=O)Nc1ccc(-c2ccsc2)cc1)n1cnc2c1C(=O)N(C)C(O)N2C. The minimum Gasteiger partial charge on any atom is -0.356 e. The second-order valence-electron chi connectivity index (χ2n) is 7.20. The number of aliphatic hydroxyl groups is 1. The van der Waals surface area contributed by atoms with Gasteiger partial charge in [0, 0.05) is 19.8 Å². The lowest BCUT2D eigenvalue weighted by molar-refractivity contribution is -0.119. The van der Waals surface area contributed by atoms with Gasteiger partial charge < -0.3 is 19.9 Å². The minimum absolute atomic E-state index is 0.231. The summed E-state index contributed by atoms with van der Waals surface area (Å²) in [5.41, 5.74) is 3.20. The number of rotatable bonds is 5. The molecule has 9 heteroatoms. The number of thiophene rings is 1. The smallest absolute Gasteiger partial charge is 0.277 e. The van der Waals surface area contributed by atoms with Crippen LogP contribution in [0.2, 0.25) is 0 Å². The maximum atomic E-state index is 13.0. The molecule has 0 saturated carbocycles. The summed E-state index contributed by atoms with van der Waals surface area (Å²) in [5.74, 6) is -0.248. The van der Waals surface area contributed by atoms with Crippen LogP contribution >= 0.6 is 11.3 Å². The highest BCUT2D eigenvalue weighted by Crippen LogP contribution is 2.30. The largest absolute Gasteiger partial charge is 0.356 e. The predicted molar refractivity (Wildman–Crippen MR) is 116 cm³/mol. The molecular formula is C21H23N5O3S. The van der Waals surface area contributed by atoms with Crippen molar-refractivity contribution in [3.8, 4) is 11.1 Å². The van der Waals surface area contributed by atoms with Gasteiger partial charge in [0.05, 0.1) is 6.33 Å². The van der Waals surface area contributed by atoms with Gasteiger partial charge in [-0.15, -0.1) is 0 Å². The fraction of sp³-hybridized carbons (Fsp3) is 0.286. The Morgan fingerprint density at radius 3 is 2.57 bits per heavy atom. The number of amides is 2. The summed E-state index contributed by atoms with van der Waals surface area (Å²) in [5, 5.41) is 17.2. The number of carbonyl (C=O) groups excluding carboxylic acids is 2. The number of imidazole rings is 1. The Kier molecular flexibility index (Phi) is 5.31. The summed E-state index contributed by atoms with van der Waals surface area (Å²) < 4.78 is 1.59. The van der Waals surface area contributed by atoms with E-state index >= 15 is 0 Å². The molecule has 156 valence electrons. The van der Waals surface area contributed by atoms with E-state index in [0.29, 0.717) is 23.6 Å². The molecule has 2 N–H and O–H groups in total. The lowest BCUT2D eigenvalue weighted by Gasteiger charge is -2.36. The van der Waals surface area contributed by atoms with Gasteiger partial charge in [0.2, 0.25) is 12.3 Å². The zero-order chi connectivity index (χ0) is 21.4. The Balaban J connectivity index is 1.57. The first-order valence-electron chi connectivity index (χ1n) is 9.60. The van der Waals surface area contributed by atoms with Crippen molar-refractivity contribution in [2.45, 2.75) is 25.7 Å². The summed E-state index contributed by atoms with van der Waals surface area (Å²) >= 11 is 1.64. The normalized spacial score (nSPS) is 17.1. The van der Waals surface area contributed by atoms with E-state index in [1.165, 1.54) is 23.2 Å². The molecule has 0 saturated heterocycles. The first-order chi connectivity index (χ1) is 14.4. The highest BCUT2D eigenvalue weighted by molar-refractivity contribution is 7.08. The number of carbonyl (C=O) groups is 2. The molecule has 4 rings (SSSR count). The minimum atomic E-state index is -1.09. The van der Waals surface area contributed by atoms with Crippen molar-refractivity contribution in [3.05, 3.63) is 53.1 Å². The quantitative estimate of drug-likeness (QED) is 0.656. The molecule has 1 aliphatic rings. The zero-order valence-electron chi connectivity index (χ0n) is 16.9. The van der Waals surface area contributed by atoms with Crippen molar-refractivity contribution < 1.29 is 14.7 Å². The van der Waals surface area contributed by atoms with Gasteiger partial charge in [0.1, 0.15) is 6.04 Å². The molecular weight excluding hydrogens is 402 g/mol. The summed E-state index contributed by atoms with van der Waals surface area (Å²) in [6.45, 7) is 1.88. The Labute approximate surface area is 178 Å². The van der Waals surface area contributed by atoms with E-state index in [9.17, 15) is 14.7 Å². The van der Waals surface area contributed by atoms with E-state index in [1.807, 2.05) is 36.6 Å². The Bertz CT molecular complexity index is 1060. The number of hydrogen-bond donors (Lipinski definition) is 2. The molecule has 30 heavy (non-hydrogen) atoms. The monoisotopic (exact) mass is 425 g/mol. The van der Waals surface area contributed by atoms with Crippen LogP contribution in [0.4, 0.5) is 11.5 Å². The van der Waals surface area contributed by atoms with Gasteiger partial charge in [0.25, 0.3) is 5.91 Å². The van der Waals surface area contributed by atoms with Gasteiger partial charge in [0.15, 0.2) is 11.5 Å². The molecule has 3 heterocycles. The number of nitrogens with zero attached hydrogens (tertiary/aromatic N) is 4. The maximum absolute atomic E-state index is 13.0. The summed E-state index contributed by atoms with van der Waals surface area (Å²) in [4.78, 5) is 32.8. The summed E-state index contributed by atoms with van der Waals surface area (Å²) in [7, 11) is 3.17. The third kappa shape index (κ3) is 3.35. The lowest BCUT2D eigenvalue weighted by atomic mass is 10.1. The molecule has 1 aromatic carbocycles. The molecule has 0 aliphatic carbocycles. The van der Waals surface area contributed by atoms with Gasteiger partial charge in [-0.05, 0) is 46.5 Å². The zero-order valence-corrected chi connectivity index (χ0v) is 17.8. The summed E-state index contributed by atoms with van der Waals surface area (Å²) in [6.07, 6.45) is 0.868. The van der Waals surface area contributed by atoms with E-state index in [-0.39, 0.29) is 11.8 Å². The number of aliphatic hydroxyl groups excluding tert-OH is 1. The number of fused-ring (bicyclic) bond motifs is 1. The van der Waals surface area contributed by atoms with Crippen LogP contribution in [0.15, 0.2) is 47.4 Å². The van der Waals surface area contributed by atoms with E-state index < -0.39 is 12.4 Å². The van der Waals surface area contributed by atoms with Crippen LogP contribution in [0.25, 0.3) is 11.1 Å². The Hall–Kier alpha value is -3.17. The second kappa shape index (κ2) is 7.92. The number of hydrogen-bond acceptors (Lipinski definition) is 6. The van der Waals surface area contributed by atoms with Gasteiger partial charge in [-0.2, -0.15) is 11.3 Å². The van der Waals surface area contributed by atoms with Crippen molar-refractivity contribution in [3.63, 3.8) is 0 Å². The highest BCUT2D eigenvalue weighted by atomic mass is 32.1. The molecule has 3 aromatic rings. The van der Waals surface area contributed by atoms with Crippen LogP contribution in [-0.2, 0) is 4.79 Å². The molecule has 0 spiro atoms.